The molecule has 0 aliphatic carbocycles. The van der Waals surface area contributed by atoms with Crippen molar-refractivity contribution < 1.29 is 31.9 Å². The number of carbonyl (C=O) groups excluding carboxylic acids is 2. The molecule has 9 nitrogen and oxygen atoms in total. The molecule has 1 aromatic heterocycles. The van der Waals surface area contributed by atoms with Crippen LogP contribution in [0.3, 0.4) is 0 Å². The van der Waals surface area contributed by atoms with Gasteiger partial charge in [0.1, 0.15) is 19.3 Å². The maximum atomic E-state index is 12.3. The molecule has 0 saturated carbocycles. The summed E-state index contributed by atoms with van der Waals surface area (Å²) in [7, 11) is -4.13. The number of ether oxygens (including phenoxy) is 1. The van der Waals surface area contributed by atoms with Crippen LogP contribution in [-0.2, 0) is 14.9 Å². The summed E-state index contributed by atoms with van der Waals surface area (Å²) >= 11 is 0. The predicted octanol–water partition coefficient (Wildman–Crippen LogP) is -1.11. The van der Waals surface area contributed by atoms with Crippen LogP contribution in [0.25, 0.3) is 0 Å². The third-order valence-corrected chi connectivity index (χ3v) is 3.93. The summed E-state index contributed by atoms with van der Waals surface area (Å²) in [5.74, 6) is -1.10. The number of nitrogens with zero attached hydrogens (tertiary/aromatic N) is 2. The third kappa shape index (κ3) is 5.27. The molecule has 1 fully saturated rings. The molecular weight excluding hydrogens is 326 g/mol. The molecule has 2 rings (SSSR count). The van der Waals surface area contributed by atoms with Gasteiger partial charge in [-0.15, -0.1) is 0 Å². The summed E-state index contributed by atoms with van der Waals surface area (Å²) in [5, 5.41) is 2.36. The van der Waals surface area contributed by atoms with Gasteiger partial charge in [0.05, 0.1) is 30.7 Å². The summed E-state index contributed by atoms with van der Waals surface area (Å²) < 4.78 is 36.3. The van der Waals surface area contributed by atoms with Crippen molar-refractivity contribution in [3.05, 3.63) is 30.1 Å². The molecule has 1 saturated heterocycles. The standard InChI is InChI=1S/C13H17N3O6S/c17-12(14-3-9-23(19,20)21)11-2-1-4-16(10-11)13(18)15-5-7-22-8-6-15/h1-2,4,10H,3,5-9H2,(H-,14,17,19,20,21)/p+1. The molecule has 0 aromatic carbocycles. The number of hydrogen-bond donors (Lipinski definition) is 2. The van der Waals surface area contributed by atoms with Gasteiger partial charge in [0.15, 0.2) is 0 Å². The van der Waals surface area contributed by atoms with Gasteiger partial charge in [-0.2, -0.15) is 17.8 Å². The lowest BCUT2D eigenvalue weighted by atomic mass is 10.2. The van der Waals surface area contributed by atoms with Crippen molar-refractivity contribution in [2.45, 2.75) is 0 Å². The minimum absolute atomic E-state index is 0.212. The van der Waals surface area contributed by atoms with Crippen LogP contribution in [0.4, 0.5) is 4.79 Å². The Morgan fingerprint density at radius 3 is 2.70 bits per heavy atom. The predicted molar refractivity (Wildman–Crippen MR) is 78.6 cm³/mol. The first kappa shape index (κ1) is 17.3. The van der Waals surface area contributed by atoms with Crippen LogP contribution in [0.15, 0.2) is 24.5 Å². The van der Waals surface area contributed by atoms with Gasteiger partial charge in [-0.25, -0.2) is 4.90 Å². The zero-order valence-electron chi connectivity index (χ0n) is 12.3. The highest BCUT2D eigenvalue weighted by molar-refractivity contribution is 7.85. The number of pyridine rings is 1. The average Bonchev–Trinajstić information content (AvgIpc) is 2.54. The summed E-state index contributed by atoms with van der Waals surface area (Å²) in [5.41, 5.74) is 0.212. The Bertz CT molecular complexity index is 685. The Labute approximate surface area is 133 Å². The van der Waals surface area contributed by atoms with E-state index in [0.717, 1.165) is 0 Å². The molecule has 0 radical (unpaired) electrons. The van der Waals surface area contributed by atoms with E-state index in [1.54, 1.807) is 11.0 Å². The summed E-state index contributed by atoms with van der Waals surface area (Å²) in [4.78, 5) is 25.9. The Hall–Kier alpha value is -2.04. The summed E-state index contributed by atoms with van der Waals surface area (Å²) in [6.45, 7) is 1.70. The number of nitrogens with one attached hydrogen (secondary N) is 1. The number of hydrogen-bond acceptors (Lipinski definition) is 5. The van der Waals surface area contributed by atoms with Gasteiger partial charge in [0, 0.05) is 6.54 Å². The number of amides is 2. The molecule has 1 aromatic rings. The molecule has 0 spiro atoms. The molecule has 10 heteroatoms. The van der Waals surface area contributed by atoms with E-state index in [4.69, 9.17) is 9.29 Å². The SMILES string of the molecule is O=C(NCCS(=O)(=O)O)c1ccc[n+](C(=O)N2CCOCC2)c1. The van der Waals surface area contributed by atoms with Crippen LogP contribution in [0.5, 0.6) is 0 Å². The van der Waals surface area contributed by atoms with Gasteiger partial charge in [0.25, 0.3) is 16.0 Å². The quantitative estimate of drug-likeness (QED) is 0.528. The fraction of sp³-hybridized carbons (Fsp3) is 0.462. The number of morpholine rings is 1. The molecule has 0 unspecified atom stereocenters. The Morgan fingerprint density at radius 2 is 2.04 bits per heavy atom. The van der Waals surface area contributed by atoms with E-state index < -0.39 is 21.8 Å². The van der Waals surface area contributed by atoms with Crippen molar-refractivity contribution in [2.75, 3.05) is 38.6 Å². The number of rotatable bonds is 4. The highest BCUT2D eigenvalue weighted by Crippen LogP contribution is 1.99. The van der Waals surface area contributed by atoms with Crippen molar-refractivity contribution in [3.63, 3.8) is 0 Å². The van der Waals surface area contributed by atoms with Crippen molar-refractivity contribution in [3.8, 4) is 0 Å². The van der Waals surface area contributed by atoms with Gasteiger partial charge in [-0.1, -0.05) is 0 Å². The van der Waals surface area contributed by atoms with Gasteiger partial charge in [-0.3, -0.25) is 9.35 Å². The molecular formula is C13H18N3O6S+. The lowest BCUT2D eigenvalue weighted by molar-refractivity contribution is -0.579. The molecule has 1 aliphatic rings. The second-order valence-electron chi connectivity index (χ2n) is 4.92. The molecule has 0 atom stereocenters. The molecule has 1 aliphatic heterocycles. The maximum Gasteiger partial charge on any atom is 0.498 e. The van der Waals surface area contributed by atoms with Crippen LogP contribution >= 0.6 is 0 Å². The molecule has 2 heterocycles. The average molecular weight is 344 g/mol. The smallest absolute Gasteiger partial charge is 0.373 e. The van der Waals surface area contributed by atoms with Crippen LogP contribution in [0.2, 0.25) is 0 Å². The van der Waals surface area contributed by atoms with Crippen molar-refractivity contribution in [2.24, 2.45) is 0 Å². The normalized spacial score (nSPS) is 15.3. The van der Waals surface area contributed by atoms with E-state index in [2.05, 4.69) is 5.32 Å². The summed E-state index contributed by atoms with van der Waals surface area (Å²) in [6.07, 6.45) is 2.91. The van der Waals surface area contributed by atoms with E-state index >= 15 is 0 Å². The fourth-order valence-electron chi connectivity index (χ4n) is 2.04. The second kappa shape index (κ2) is 7.49. The lowest BCUT2D eigenvalue weighted by Gasteiger charge is -2.19. The van der Waals surface area contributed by atoms with Crippen LogP contribution in [0, 0.1) is 0 Å². The van der Waals surface area contributed by atoms with E-state index in [0.29, 0.717) is 26.3 Å². The van der Waals surface area contributed by atoms with Gasteiger partial charge in [0.2, 0.25) is 0 Å². The third-order valence-electron chi connectivity index (χ3n) is 3.21. The van der Waals surface area contributed by atoms with Gasteiger partial charge in [-0.05, 0) is 12.1 Å². The van der Waals surface area contributed by atoms with Crippen molar-refractivity contribution >= 4 is 22.1 Å². The van der Waals surface area contributed by atoms with Crippen LogP contribution < -0.4 is 9.88 Å². The van der Waals surface area contributed by atoms with E-state index in [1.165, 1.54) is 23.0 Å². The van der Waals surface area contributed by atoms with E-state index in [-0.39, 0.29) is 18.1 Å². The number of aromatic nitrogens is 1. The Morgan fingerprint density at radius 1 is 1.35 bits per heavy atom. The van der Waals surface area contributed by atoms with Gasteiger partial charge >= 0.3 is 6.03 Å². The number of carbonyl (C=O) groups is 2. The van der Waals surface area contributed by atoms with Crippen molar-refractivity contribution in [1.29, 1.82) is 0 Å². The molecule has 2 amide bonds. The topological polar surface area (TPSA) is 117 Å². The first-order valence-electron chi connectivity index (χ1n) is 6.98. The Kier molecular flexibility index (Phi) is 5.64. The Balaban J connectivity index is 2.01. The molecule has 23 heavy (non-hydrogen) atoms. The van der Waals surface area contributed by atoms with Crippen LogP contribution in [0.1, 0.15) is 10.4 Å². The van der Waals surface area contributed by atoms with Crippen molar-refractivity contribution in [1.82, 2.24) is 10.2 Å². The largest absolute Gasteiger partial charge is 0.498 e. The summed E-state index contributed by atoms with van der Waals surface area (Å²) in [6, 6.07) is 2.79. The van der Waals surface area contributed by atoms with E-state index in [1.807, 2.05) is 0 Å². The second-order valence-corrected chi connectivity index (χ2v) is 6.50. The van der Waals surface area contributed by atoms with Crippen LogP contribution in [-0.4, -0.2) is 68.4 Å². The highest BCUT2D eigenvalue weighted by atomic mass is 32.2. The molecule has 0 bridgehead atoms. The first-order chi connectivity index (χ1) is 10.9. The van der Waals surface area contributed by atoms with Gasteiger partial charge < -0.3 is 10.1 Å². The molecule has 126 valence electrons. The zero-order chi connectivity index (χ0) is 16.9. The molecule has 2 N–H and O–H groups in total. The first-order valence-corrected chi connectivity index (χ1v) is 8.59. The minimum atomic E-state index is -4.13. The minimum Gasteiger partial charge on any atom is -0.373 e. The fourth-order valence-corrected chi connectivity index (χ4v) is 2.40. The maximum absolute atomic E-state index is 12.3. The monoisotopic (exact) mass is 344 g/mol. The lowest BCUT2D eigenvalue weighted by Crippen LogP contribution is -2.55. The zero-order valence-corrected chi connectivity index (χ0v) is 13.2. The highest BCUT2D eigenvalue weighted by Gasteiger charge is 2.27. The van der Waals surface area contributed by atoms with E-state index in [9.17, 15) is 18.0 Å².